The van der Waals surface area contributed by atoms with Crippen molar-refractivity contribution in [3.63, 3.8) is 0 Å². The van der Waals surface area contributed by atoms with Gasteiger partial charge in [-0.2, -0.15) is 0 Å². The lowest BCUT2D eigenvalue weighted by atomic mass is 10.2. The molecule has 0 aliphatic carbocycles. The maximum Gasteiger partial charge on any atom is 0.123 e. The van der Waals surface area contributed by atoms with Crippen molar-refractivity contribution in [1.82, 2.24) is 5.32 Å². The molecule has 0 fully saturated rings. The Morgan fingerprint density at radius 3 is 2.73 bits per heavy atom. The second kappa shape index (κ2) is 5.86. The van der Waals surface area contributed by atoms with E-state index >= 15 is 0 Å². The molecule has 2 heteroatoms. The van der Waals surface area contributed by atoms with Gasteiger partial charge in [-0.25, -0.2) is 4.39 Å². The number of halogens is 1. The molecule has 0 aromatic heterocycles. The number of hydrogen-bond donors (Lipinski definition) is 1. The molecule has 0 amide bonds. The standard InChI is InChI=1S/C9H14FN/c1-4-5-6-9(10)8(2)7-11-3/h4-6,11H,1,7H2,2-3H3/b6-5-,9-8-. The van der Waals surface area contributed by atoms with Gasteiger partial charge in [-0.15, -0.1) is 0 Å². The predicted molar refractivity (Wildman–Crippen MR) is 47.1 cm³/mol. The van der Waals surface area contributed by atoms with Gasteiger partial charge in [-0.1, -0.05) is 18.7 Å². The highest BCUT2D eigenvalue weighted by Gasteiger charge is 1.94. The molecule has 0 radical (unpaired) electrons. The number of nitrogens with one attached hydrogen (secondary N) is 1. The third kappa shape index (κ3) is 4.51. The number of hydrogen-bond acceptors (Lipinski definition) is 1. The van der Waals surface area contributed by atoms with Crippen molar-refractivity contribution in [2.24, 2.45) is 0 Å². The average molecular weight is 155 g/mol. The minimum Gasteiger partial charge on any atom is -0.316 e. The SMILES string of the molecule is C=C/C=C\C(F)=C(/C)CNC. The highest BCUT2D eigenvalue weighted by atomic mass is 19.1. The van der Waals surface area contributed by atoms with Gasteiger partial charge >= 0.3 is 0 Å². The predicted octanol–water partition coefficient (Wildman–Crippen LogP) is 2.19. The van der Waals surface area contributed by atoms with Gasteiger partial charge in [0.1, 0.15) is 5.83 Å². The lowest BCUT2D eigenvalue weighted by Crippen LogP contribution is -2.09. The van der Waals surface area contributed by atoms with Crippen molar-refractivity contribution in [3.05, 3.63) is 36.2 Å². The Morgan fingerprint density at radius 2 is 2.27 bits per heavy atom. The largest absolute Gasteiger partial charge is 0.316 e. The van der Waals surface area contributed by atoms with E-state index in [0.717, 1.165) is 0 Å². The smallest absolute Gasteiger partial charge is 0.123 e. The highest BCUT2D eigenvalue weighted by molar-refractivity contribution is 5.21. The molecule has 0 aromatic carbocycles. The van der Waals surface area contributed by atoms with Gasteiger partial charge in [0.2, 0.25) is 0 Å². The molecule has 0 rings (SSSR count). The van der Waals surface area contributed by atoms with Gasteiger partial charge in [-0.3, -0.25) is 0 Å². The zero-order valence-corrected chi connectivity index (χ0v) is 7.02. The summed E-state index contributed by atoms with van der Waals surface area (Å²) in [5.74, 6) is -0.195. The molecule has 0 aliphatic heterocycles. The molecular formula is C9H14FN. The normalized spacial score (nSPS) is 13.4. The number of rotatable bonds is 4. The zero-order valence-electron chi connectivity index (χ0n) is 7.02. The number of likely N-dealkylation sites (N-methyl/N-ethyl adjacent to an activating group) is 1. The molecule has 0 heterocycles. The molecule has 0 saturated carbocycles. The van der Waals surface area contributed by atoms with Crippen LogP contribution in [-0.2, 0) is 0 Å². The monoisotopic (exact) mass is 155 g/mol. The Morgan fingerprint density at radius 1 is 1.64 bits per heavy atom. The van der Waals surface area contributed by atoms with Crippen molar-refractivity contribution < 1.29 is 4.39 Å². The molecule has 0 aromatic rings. The number of allylic oxidation sites excluding steroid dienone is 4. The molecule has 1 nitrogen and oxygen atoms in total. The fourth-order valence-corrected chi connectivity index (χ4v) is 0.644. The summed E-state index contributed by atoms with van der Waals surface area (Å²) in [5.41, 5.74) is 0.700. The molecule has 11 heavy (non-hydrogen) atoms. The maximum atomic E-state index is 12.9. The van der Waals surface area contributed by atoms with Gasteiger partial charge < -0.3 is 5.32 Å². The molecule has 62 valence electrons. The third-order valence-electron chi connectivity index (χ3n) is 1.23. The summed E-state index contributed by atoms with van der Waals surface area (Å²) in [6, 6.07) is 0. The van der Waals surface area contributed by atoms with Gasteiger partial charge in [-0.05, 0) is 25.6 Å². The van der Waals surface area contributed by atoms with Crippen LogP contribution in [0.5, 0.6) is 0 Å². The fraction of sp³-hybridized carbons (Fsp3) is 0.333. The molecule has 0 spiro atoms. The highest BCUT2D eigenvalue weighted by Crippen LogP contribution is 2.05. The van der Waals surface area contributed by atoms with E-state index in [4.69, 9.17) is 0 Å². The van der Waals surface area contributed by atoms with Crippen LogP contribution in [0.1, 0.15) is 6.92 Å². The van der Waals surface area contributed by atoms with Crippen LogP contribution in [0.25, 0.3) is 0 Å². The summed E-state index contributed by atoms with van der Waals surface area (Å²) in [5, 5.41) is 2.87. The Hall–Kier alpha value is -0.890. The fourth-order valence-electron chi connectivity index (χ4n) is 0.644. The molecule has 0 unspecified atom stereocenters. The Kier molecular flexibility index (Phi) is 5.39. The minimum absolute atomic E-state index is 0.195. The zero-order chi connectivity index (χ0) is 8.69. The van der Waals surface area contributed by atoms with Gasteiger partial charge in [0.05, 0.1) is 0 Å². The molecule has 0 saturated heterocycles. The van der Waals surface area contributed by atoms with Crippen molar-refractivity contribution in [2.75, 3.05) is 13.6 Å². The van der Waals surface area contributed by atoms with Crippen LogP contribution in [0.15, 0.2) is 36.2 Å². The molecule has 0 atom stereocenters. The van der Waals surface area contributed by atoms with Crippen molar-refractivity contribution in [3.8, 4) is 0 Å². The Bertz CT molecular complexity index is 180. The summed E-state index contributed by atoms with van der Waals surface area (Å²) in [4.78, 5) is 0. The summed E-state index contributed by atoms with van der Waals surface area (Å²) >= 11 is 0. The second-order valence-corrected chi connectivity index (χ2v) is 2.25. The van der Waals surface area contributed by atoms with Crippen molar-refractivity contribution in [1.29, 1.82) is 0 Å². The quantitative estimate of drug-likeness (QED) is 0.614. The molecular weight excluding hydrogens is 141 g/mol. The van der Waals surface area contributed by atoms with E-state index in [0.29, 0.717) is 12.1 Å². The van der Waals surface area contributed by atoms with Gasteiger partial charge in [0.15, 0.2) is 0 Å². The summed E-state index contributed by atoms with van der Waals surface area (Å²) < 4.78 is 12.9. The van der Waals surface area contributed by atoms with Crippen LogP contribution < -0.4 is 5.32 Å². The first-order valence-electron chi connectivity index (χ1n) is 3.51. The lowest BCUT2D eigenvalue weighted by molar-refractivity contribution is 0.644. The van der Waals surface area contributed by atoms with Crippen LogP contribution in [0, 0.1) is 0 Å². The van der Waals surface area contributed by atoms with Crippen molar-refractivity contribution >= 4 is 0 Å². The Balaban J connectivity index is 4.14. The second-order valence-electron chi connectivity index (χ2n) is 2.25. The van der Waals surface area contributed by atoms with Crippen molar-refractivity contribution in [2.45, 2.75) is 6.92 Å². The van der Waals surface area contributed by atoms with E-state index in [1.165, 1.54) is 6.08 Å². The maximum absolute atomic E-state index is 12.9. The lowest BCUT2D eigenvalue weighted by Gasteiger charge is -1.98. The van der Waals surface area contributed by atoms with Crippen LogP contribution in [-0.4, -0.2) is 13.6 Å². The van der Waals surface area contributed by atoms with E-state index in [1.807, 2.05) is 0 Å². The minimum atomic E-state index is -0.195. The summed E-state index contributed by atoms with van der Waals surface area (Å²) in [6.45, 7) is 5.77. The average Bonchev–Trinajstić information content (AvgIpc) is 2.00. The Labute approximate surface area is 67.3 Å². The van der Waals surface area contributed by atoms with Crippen LogP contribution in [0.2, 0.25) is 0 Å². The first-order valence-corrected chi connectivity index (χ1v) is 3.51. The topological polar surface area (TPSA) is 12.0 Å². The van der Waals surface area contributed by atoms with Crippen LogP contribution >= 0.6 is 0 Å². The molecule has 0 bridgehead atoms. The summed E-state index contributed by atoms with van der Waals surface area (Å²) in [7, 11) is 1.79. The van der Waals surface area contributed by atoms with Gasteiger partial charge in [0, 0.05) is 6.54 Å². The molecule has 0 aliphatic rings. The third-order valence-corrected chi connectivity index (χ3v) is 1.23. The first-order chi connectivity index (χ1) is 5.22. The van der Waals surface area contributed by atoms with Gasteiger partial charge in [0.25, 0.3) is 0 Å². The summed E-state index contributed by atoms with van der Waals surface area (Å²) in [6.07, 6.45) is 4.53. The first kappa shape index (κ1) is 10.1. The van der Waals surface area contributed by atoms with E-state index in [-0.39, 0.29) is 5.83 Å². The van der Waals surface area contributed by atoms with Crippen LogP contribution in [0.4, 0.5) is 4.39 Å². The molecule has 1 N–H and O–H groups in total. The van der Waals surface area contributed by atoms with E-state index in [9.17, 15) is 4.39 Å². The van der Waals surface area contributed by atoms with E-state index in [2.05, 4.69) is 11.9 Å². The van der Waals surface area contributed by atoms with E-state index < -0.39 is 0 Å². The van der Waals surface area contributed by atoms with E-state index in [1.54, 1.807) is 26.1 Å². The van der Waals surface area contributed by atoms with Crippen LogP contribution in [0.3, 0.4) is 0 Å².